The second-order valence-electron chi connectivity index (χ2n) is 5.07. The van der Waals surface area contributed by atoms with Gasteiger partial charge in [0.05, 0.1) is 7.11 Å². The maximum atomic E-state index is 10.6. The molecular formula is C17H20O2. The van der Waals surface area contributed by atoms with Crippen molar-refractivity contribution in [1.82, 2.24) is 0 Å². The van der Waals surface area contributed by atoms with Crippen LogP contribution in [0.2, 0.25) is 0 Å². The molecule has 0 bridgehead atoms. The number of aryl methyl sites for hydroxylation is 3. The Morgan fingerprint density at radius 1 is 0.895 bits per heavy atom. The van der Waals surface area contributed by atoms with Gasteiger partial charge >= 0.3 is 0 Å². The maximum absolute atomic E-state index is 10.6. The quantitative estimate of drug-likeness (QED) is 0.907. The van der Waals surface area contributed by atoms with E-state index in [1.165, 1.54) is 0 Å². The molecule has 0 spiro atoms. The summed E-state index contributed by atoms with van der Waals surface area (Å²) in [5, 5.41) is 10.6. The van der Waals surface area contributed by atoms with Crippen molar-refractivity contribution >= 4 is 0 Å². The number of hydrogen-bond donors (Lipinski definition) is 1. The predicted octanol–water partition coefficient (Wildman–Crippen LogP) is 3.70. The van der Waals surface area contributed by atoms with Gasteiger partial charge in [0.15, 0.2) is 0 Å². The molecule has 0 aliphatic heterocycles. The van der Waals surface area contributed by atoms with Gasteiger partial charge < -0.3 is 9.84 Å². The van der Waals surface area contributed by atoms with E-state index in [0.717, 1.165) is 33.6 Å². The van der Waals surface area contributed by atoms with E-state index in [9.17, 15) is 5.11 Å². The molecule has 19 heavy (non-hydrogen) atoms. The van der Waals surface area contributed by atoms with Gasteiger partial charge in [0.1, 0.15) is 11.9 Å². The van der Waals surface area contributed by atoms with Crippen LogP contribution >= 0.6 is 0 Å². The molecule has 0 aliphatic rings. The highest BCUT2D eigenvalue weighted by Crippen LogP contribution is 2.31. The summed E-state index contributed by atoms with van der Waals surface area (Å²) in [6.07, 6.45) is -0.659. The summed E-state index contributed by atoms with van der Waals surface area (Å²) in [4.78, 5) is 0. The Morgan fingerprint density at radius 3 is 2.11 bits per heavy atom. The minimum Gasteiger partial charge on any atom is -0.496 e. The van der Waals surface area contributed by atoms with Crippen molar-refractivity contribution in [3.8, 4) is 5.75 Å². The molecule has 1 N–H and O–H groups in total. The fourth-order valence-electron chi connectivity index (χ4n) is 2.41. The average molecular weight is 256 g/mol. The fraction of sp³-hybridized carbons (Fsp3) is 0.294. The highest BCUT2D eigenvalue weighted by atomic mass is 16.5. The number of ether oxygens (including phenoxy) is 1. The minimum atomic E-state index is -0.659. The Hall–Kier alpha value is -1.80. The Balaban J connectivity index is 2.48. The normalized spacial score (nSPS) is 12.3. The lowest BCUT2D eigenvalue weighted by atomic mass is 9.96. The van der Waals surface area contributed by atoms with Crippen LogP contribution in [0.4, 0.5) is 0 Å². The Morgan fingerprint density at radius 2 is 1.53 bits per heavy atom. The summed E-state index contributed by atoms with van der Waals surface area (Å²) in [7, 11) is 1.63. The number of aliphatic hydroxyl groups excluding tert-OH is 1. The molecule has 2 nitrogen and oxygen atoms in total. The van der Waals surface area contributed by atoms with Crippen LogP contribution in [0.25, 0.3) is 0 Å². The van der Waals surface area contributed by atoms with Crippen LogP contribution in [0, 0.1) is 20.8 Å². The zero-order chi connectivity index (χ0) is 14.0. The fourth-order valence-corrected chi connectivity index (χ4v) is 2.41. The minimum absolute atomic E-state index is 0.659. The third kappa shape index (κ3) is 2.96. The number of hydrogen-bond acceptors (Lipinski definition) is 2. The van der Waals surface area contributed by atoms with E-state index in [2.05, 4.69) is 6.07 Å². The first-order valence-electron chi connectivity index (χ1n) is 6.42. The zero-order valence-electron chi connectivity index (χ0n) is 11.9. The maximum Gasteiger partial charge on any atom is 0.125 e. The standard InChI is InChI=1S/C17H20O2/c1-11-5-6-16(19-4)15(10-11)17(18)14-8-12(2)7-13(3)9-14/h5-10,17-18H,1-4H3. The molecule has 2 aromatic rings. The lowest BCUT2D eigenvalue weighted by molar-refractivity contribution is 0.214. The topological polar surface area (TPSA) is 29.5 Å². The molecule has 2 aromatic carbocycles. The number of aliphatic hydroxyl groups is 1. The molecule has 0 saturated heterocycles. The molecule has 0 aromatic heterocycles. The van der Waals surface area contributed by atoms with E-state index in [1.54, 1.807) is 7.11 Å². The molecule has 0 fully saturated rings. The van der Waals surface area contributed by atoms with Gasteiger partial charge in [-0.2, -0.15) is 0 Å². The molecular weight excluding hydrogens is 236 g/mol. The van der Waals surface area contributed by atoms with Gasteiger partial charge in [-0.25, -0.2) is 0 Å². The average Bonchev–Trinajstić information content (AvgIpc) is 2.36. The Labute approximate surface area is 114 Å². The highest BCUT2D eigenvalue weighted by molar-refractivity contribution is 5.44. The first kappa shape index (κ1) is 13.6. The van der Waals surface area contributed by atoms with Crippen molar-refractivity contribution < 1.29 is 9.84 Å². The SMILES string of the molecule is COc1ccc(C)cc1C(O)c1cc(C)cc(C)c1. The van der Waals surface area contributed by atoms with Crippen LogP contribution in [0.15, 0.2) is 36.4 Å². The summed E-state index contributed by atoms with van der Waals surface area (Å²) < 4.78 is 5.34. The van der Waals surface area contributed by atoms with E-state index in [-0.39, 0.29) is 0 Å². The monoisotopic (exact) mass is 256 g/mol. The summed E-state index contributed by atoms with van der Waals surface area (Å²) in [5.74, 6) is 0.720. The smallest absolute Gasteiger partial charge is 0.125 e. The van der Waals surface area contributed by atoms with E-state index in [0.29, 0.717) is 0 Å². The van der Waals surface area contributed by atoms with Crippen LogP contribution in [0.3, 0.4) is 0 Å². The van der Waals surface area contributed by atoms with Crippen molar-refractivity contribution in [2.75, 3.05) is 7.11 Å². The third-order valence-corrected chi connectivity index (χ3v) is 3.24. The summed E-state index contributed by atoms with van der Waals surface area (Å²) in [5.41, 5.74) is 5.13. The van der Waals surface area contributed by atoms with Gasteiger partial charge in [0, 0.05) is 5.56 Å². The number of rotatable bonds is 3. The number of benzene rings is 2. The lowest BCUT2D eigenvalue weighted by Crippen LogP contribution is -2.03. The van der Waals surface area contributed by atoms with Crippen molar-refractivity contribution in [2.24, 2.45) is 0 Å². The molecule has 1 atom stereocenters. The van der Waals surface area contributed by atoms with E-state index in [4.69, 9.17) is 4.74 Å². The van der Waals surface area contributed by atoms with E-state index in [1.807, 2.05) is 51.1 Å². The second kappa shape index (κ2) is 5.45. The predicted molar refractivity (Wildman–Crippen MR) is 77.7 cm³/mol. The van der Waals surface area contributed by atoms with Gasteiger partial charge in [-0.15, -0.1) is 0 Å². The van der Waals surface area contributed by atoms with Gasteiger partial charge in [-0.05, 0) is 38.5 Å². The summed E-state index contributed by atoms with van der Waals surface area (Å²) in [6.45, 7) is 6.09. The van der Waals surface area contributed by atoms with E-state index < -0.39 is 6.10 Å². The Bertz CT molecular complexity index is 568. The van der Waals surface area contributed by atoms with Crippen LogP contribution in [0.1, 0.15) is 33.9 Å². The van der Waals surface area contributed by atoms with Crippen LogP contribution in [0.5, 0.6) is 5.75 Å². The molecule has 0 aliphatic carbocycles. The van der Waals surface area contributed by atoms with Crippen molar-refractivity contribution in [1.29, 1.82) is 0 Å². The summed E-state index contributed by atoms with van der Waals surface area (Å²) >= 11 is 0. The highest BCUT2D eigenvalue weighted by Gasteiger charge is 2.16. The molecule has 2 rings (SSSR count). The van der Waals surface area contributed by atoms with E-state index >= 15 is 0 Å². The van der Waals surface area contributed by atoms with Crippen LogP contribution < -0.4 is 4.74 Å². The number of methoxy groups -OCH3 is 1. The van der Waals surface area contributed by atoms with Gasteiger partial charge in [-0.1, -0.05) is 41.0 Å². The molecule has 2 heteroatoms. The molecule has 1 unspecified atom stereocenters. The van der Waals surface area contributed by atoms with Gasteiger partial charge in [-0.3, -0.25) is 0 Å². The van der Waals surface area contributed by atoms with Crippen molar-refractivity contribution in [3.05, 3.63) is 64.2 Å². The Kier molecular flexibility index (Phi) is 3.91. The third-order valence-electron chi connectivity index (χ3n) is 3.24. The lowest BCUT2D eigenvalue weighted by Gasteiger charge is -2.17. The molecule has 100 valence electrons. The van der Waals surface area contributed by atoms with Crippen LogP contribution in [-0.4, -0.2) is 12.2 Å². The van der Waals surface area contributed by atoms with Crippen molar-refractivity contribution in [2.45, 2.75) is 26.9 Å². The van der Waals surface area contributed by atoms with Gasteiger partial charge in [0.2, 0.25) is 0 Å². The van der Waals surface area contributed by atoms with Crippen molar-refractivity contribution in [3.63, 3.8) is 0 Å². The zero-order valence-corrected chi connectivity index (χ0v) is 11.9. The molecule has 0 heterocycles. The largest absolute Gasteiger partial charge is 0.496 e. The first-order chi connectivity index (χ1) is 9.01. The molecule has 0 saturated carbocycles. The van der Waals surface area contributed by atoms with Gasteiger partial charge in [0.25, 0.3) is 0 Å². The first-order valence-corrected chi connectivity index (χ1v) is 6.42. The summed E-state index contributed by atoms with van der Waals surface area (Å²) in [6, 6.07) is 12.0. The second-order valence-corrected chi connectivity index (χ2v) is 5.07. The molecule has 0 amide bonds. The molecule has 0 radical (unpaired) electrons. The van der Waals surface area contributed by atoms with Crippen LogP contribution in [-0.2, 0) is 0 Å².